The summed E-state index contributed by atoms with van der Waals surface area (Å²) in [6, 6.07) is 21.9. The molecule has 9 heterocycles. The van der Waals surface area contributed by atoms with E-state index in [2.05, 4.69) is 88.7 Å². The molecule has 1 saturated heterocycles. The van der Waals surface area contributed by atoms with Crippen LogP contribution in [0.25, 0.3) is 0 Å². The second kappa shape index (κ2) is 44.3. The maximum absolute atomic E-state index is 12.9. The summed E-state index contributed by atoms with van der Waals surface area (Å²) < 4.78 is 26.9. The number of nitrogens with zero attached hydrogens (tertiary/aromatic N) is 17. The molecule has 2 atom stereocenters. The lowest BCUT2D eigenvalue weighted by Crippen LogP contribution is -2.43. The third-order valence-corrected chi connectivity index (χ3v) is 26.6. The lowest BCUT2D eigenvalue weighted by molar-refractivity contribution is -0.122. The zero-order chi connectivity index (χ0) is 95.0. The number of carboxylic acids is 1. The number of piperidine rings is 1. The van der Waals surface area contributed by atoms with Crippen LogP contribution in [0.5, 0.6) is 23.0 Å². The van der Waals surface area contributed by atoms with Gasteiger partial charge in [-0.25, -0.2) is 24.7 Å². The van der Waals surface area contributed by atoms with E-state index >= 15 is 0 Å². The number of hydrogen-bond acceptors (Lipinski definition) is 30. The number of aromatic carboxylic acids is 1. The van der Waals surface area contributed by atoms with Crippen molar-refractivity contribution in [1.82, 2.24) is 60.7 Å². The van der Waals surface area contributed by atoms with E-state index in [4.69, 9.17) is 43.6 Å². The highest BCUT2D eigenvalue weighted by Crippen LogP contribution is 2.44. The first-order chi connectivity index (χ1) is 64.7. The van der Waals surface area contributed by atoms with Gasteiger partial charge in [0.05, 0.1) is 100.0 Å². The Kier molecular flexibility index (Phi) is 31.9. The van der Waals surface area contributed by atoms with Gasteiger partial charge in [-0.3, -0.25) is 33.6 Å². The third kappa shape index (κ3) is 22.5. The van der Waals surface area contributed by atoms with Crippen molar-refractivity contribution in [3.63, 3.8) is 0 Å². The number of hydrogen-bond donors (Lipinski definition) is 8. The Morgan fingerprint density at radius 3 is 1.05 bits per heavy atom. The molecule has 2 unspecified atom stereocenters. The normalized spacial score (nSPS) is 18.5. The summed E-state index contributed by atoms with van der Waals surface area (Å²) in [6.07, 6.45) is 27.9. The van der Waals surface area contributed by atoms with Crippen molar-refractivity contribution in [2.24, 2.45) is 11.8 Å². The molecule has 8 aromatic rings. The van der Waals surface area contributed by atoms with E-state index in [0.717, 1.165) is 118 Å². The van der Waals surface area contributed by atoms with E-state index in [1.807, 2.05) is 19.9 Å². The first kappa shape index (κ1) is 96.5. The number of aromatic nitrogens is 8. The maximum Gasteiger partial charge on any atom is 0.335 e. The van der Waals surface area contributed by atoms with Crippen molar-refractivity contribution in [2.75, 3.05) is 191 Å². The van der Waals surface area contributed by atoms with Crippen LogP contribution < -0.4 is 95.4 Å². The number of amides is 7. The highest BCUT2D eigenvalue weighted by molar-refractivity contribution is 6.02. The topological polar surface area (TPSA) is 419 Å². The number of carbonyl (C=O) groups is 8. The molecular formula is C96H126N24O14. The van der Waals surface area contributed by atoms with Gasteiger partial charge < -0.3 is 110 Å². The Morgan fingerprint density at radius 1 is 0.403 bits per heavy atom. The number of rotatable bonds is 24. The number of nitrogens with one attached hydrogen (secondary N) is 7. The summed E-state index contributed by atoms with van der Waals surface area (Å²) in [6.45, 7) is 9.33. The van der Waals surface area contributed by atoms with Gasteiger partial charge in [0.1, 0.15) is 45.7 Å². The lowest BCUT2D eigenvalue weighted by atomic mass is 10.0. The molecular weight excluding hydrogens is 1710 g/mol. The van der Waals surface area contributed by atoms with Gasteiger partial charge in [-0.05, 0) is 157 Å². The Labute approximate surface area is 781 Å². The first-order valence-electron chi connectivity index (χ1n) is 46.4. The predicted molar refractivity (Wildman–Crippen MR) is 515 cm³/mol. The first-order valence-corrected chi connectivity index (χ1v) is 46.4. The van der Waals surface area contributed by atoms with Crippen molar-refractivity contribution in [3.05, 3.63) is 120 Å². The van der Waals surface area contributed by atoms with Gasteiger partial charge in [0.25, 0.3) is 17.7 Å². The average Bonchev–Trinajstić information content (AvgIpc) is 1.62. The molecule has 17 rings (SSSR count). The third-order valence-electron chi connectivity index (χ3n) is 26.6. The molecule has 7 amide bonds. The van der Waals surface area contributed by atoms with Crippen molar-refractivity contribution >= 4 is 140 Å². The monoisotopic (exact) mass is 1840 g/mol. The molecule has 134 heavy (non-hydrogen) atoms. The Morgan fingerprint density at radius 2 is 0.716 bits per heavy atom. The van der Waals surface area contributed by atoms with E-state index < -0.39 is 5.97 Å². The van der Waals surface area contributed by atoms with Gasteiger partial charge in [-0.15, -0.1) is 0 Å². The lowest BCUT2D eigenvalue weighted by Gasteiger charge is -2.31. The highest BCUT2D eigenvalue weighted by atomic mass is 16.5. The Bertz CT molecular complexity index is 5540. The van der Waals surface area contributed by atoms with Crippen LogP contribution in [0.4, 0.5) is 92.6 Å². The molecule has 4 aromatic heterocycles. The maximum atomic E-state index is 12.9. The van der Waals surface area contributed by atoms with Crippen LogP contribution in [0.1, 0.15) is 184 Å². The van der Waals surface area contributed by atoms with Gasteiger partial charge in [0.15, 0.2) is 23.3 Å². The molecule has 38 heteroatoms. The number of carboxylic acid groups (broad SMARTS) is 1. The summed E-state index contributed by atoms with van der Waals surface area (Å²) in [5.74, 6) is 5.07. The molecule has 8 N–H and O–H groups in total. The highest BCUT2D eigenvalue weighted by Gasteiger charge is 2.40. The van der Waals surface area contributed by atoms with Crippen LogP contribution in [-0.4, -0.2) is 258 Å². The van der Waals surface area contributed by atoms with Crippen LogP contribution in [0.15, 0.2) is 97.6 Å². The Hall–Kier alpha value is -13.5. The Balaban J connectivity index is 0.000000144. The van der Waals surface area contributed by atoms with Crippen LogP contribution in [0, 0.1) is 11.8 Å². The number of likely N-dealkylation sites (tertiary alicyclic amines) is 1. The van der Waals surface area contributed by atoms with E-state index in [9.17, 15) is 43.5 Å². The summed E-state index contributed by atoms with van der Waals surface area (Å²) in [5.41, 5.74) is 7.05. The number of carbonyl (C=O) groups excluding carboxylic acids is 7. The molecule has 0 bridgehead atoms. The zero-order valence-corrected chi connectivity index (χ0v) is 78.9. The minimum atomic E-state index is -1.03. The summed E-state index contributed by atoms with van der Waals surface area (Å²) in [7, 11) is 18.5. The van der Waals surface area contributed by atoms with Crippen LogP contribution in [0.2, 0.25) is 0 Å². The second-order valence-electron chi connectivity index (χ2n) is 35.4. The number of fused-ring (bicyclic) bond motifs is 4. The van der Waals surface area contributed by atoms with Crippen molar-refractivity contribution in [1.29, 1.82) is 0 Å². The van der Waals surface area contributed by atoms with Gasteiger partial charge >= 0.3 is 5.97 Å². The molecule has 4 aliphatic carbocycles. The number of methoxy groups -OCH3 is 5. The van der Waals surface area contributed by atoms with Crippen LogP contribution >= 0.6 is 0 Å². The quantitative estimate of drug-likeness (QED) is 0.0260. The number of anilines is 16. The molecule has 4 aromatic carbocycles. The minimum absolute atomic E-state index is 0.0528. The standard InChI is InChI=1S/C28H39N7O3.C24H32N6O4.C22H28N6O3.C22H27N5O4/c1-18-17-35(21-7-5-6-8-21)25-23(34(3)27(18)37)16-29-28(32-25)31-22-10-9-19(15-24(22)38-4)26(36)30-20-11-13-33(2)14-12-20;1-29-19-15-26-24(28-22(19)30(12-10-21(29)31)17-6-4-5-7-17)27-18-9-8-16(14-20(18)34-3)23(32)25-11-13-33-2;1-23-21(30)14-8-9-16(18(12-14)31-3)25-22-24-13-17-20(26-22)28(15-6-4-5-7-15)11-10-19(29)27(17)2;1-13-12-27(15-6-4-5-7-15)19-17(26(2)20(13)28)11-23-22(25-19)24-16-9-8-14(21(29)30)10-18(16)31-3/h9-10,15-16,18,20-21H,5-8,11-14,17H2,1-4H3,(H,30,36)(H,29,31,32);8-9,14-15,17H,4-7,10-13H2,1-3H3,(H,25,32)(H,26,27,28);8-9,12-13,15H,4-7,10-11H2,1-3H3,(H,23,30)(H,24,25,26);8-11,13,15H,4-7,12H2,1-3H3,(H,29,30)(H,23,24,25). The van der Waals surface area contributed by atoms with Crippen LogP contribution in [-0.2, 0) is 23.9 Å². The SMILES string of the molecule is CNC(=O)c1ccc(Nc2ncc3c(n2)N(C2CCCC2)CCC(=O)N3C)c(OC)c1.COCCNC(=O)c1ccc(Nc2ncc3c(n2)N(C2CCCC2)CCC(=O)N3C)c(OC)c1.COc1cc(C(=O)NC2CCN(C)CC2)ccc1Nc1ncc2c(n1)N(C1CCCC1)CC(C)C(=O)N2C.COc1cc(C(=O)O)ccc1Nc1ncc2c(n1)N(C1CCCC1)CC(C)C(=O)N2C. The molecule has 38 nitrogen and oxygen atoms in total. The molecule has 9 aliphatic rings. The summed E-state index contributed by atoms with van der Waals surface area (Å²) in [5, 5.41) is 30.6. The van der Waals surface area contributed by atoms with Crippen molar-refractivity contribution < 1.29 is 67.1 Å². The fraction of sp³-hybridized carbons (Fsp3) is 0.500. The van der Waals surface area contributed by atoms with Gasteiger partial charge in [0, 0.05) is 135 Å². The van der Waals surface area contributed by atoms with Gasteiger partial charge in [0.2, 0.25) is 47.4 Å². The number of benzene rings is 4. The van der Waals surface area contributed by atoms with E-state index in [1.165, 1.54) is 70.6 Å². The molecule has 5 fully saturated rings. The van der Waals surface area contributed by atoms with Gasteiger partial charge in [-0.1, -0.05) is 65.2 Å². The molecule has 5 aliphatic heterocycles. The van der Waals surface area contributed by atoms with E-state index in [0.29, 0.717) is 168 Å². The van der Waals surface area contributed by atoms with Crippen molar-refractivity contribution in [3.8, 4) is 23.0 Å². The predicted octanol–water partition coefficient (Wildman–Crippen LogP) is 12.1. The molecule has 4 saturated carbocycles. The van der Waals surface area contributed by atoms with E-state index in [1.54, 1.807) is 163 Å². The molecule has 0 spiro atoms. The smallest absolute Gasteiger partial charge is 0.335 e. The van der Waals surface area contributed by atoms with Gasteiger partial charge in [-0.2, -0.15) is 19.9 Å². The fourth-order valence-electron chi connectivity index (χ4n) is 18.9. The molecule has 714 valence electrons. The fourth-order valence-corrected chi connectivity index (χ4v) is 18.9. The minimum Gasteiger partial charge on any atom is -0.495 e. The summed E-state index contributed by atoms with van der Waals surface area (Å²) >= 11 is 0. The summed E-state index contributed by atoms with van der Waals surface area (Å²) in [4.78, 5) is 154. The largest absolute Gasteiger partial charge is 0.495 e. The average molecular weight is 1840 g/mol. The second-order valence-corrected chi connectivity index (χ2v) is 35.4. The van der Waals surface area contributed by atoms with Crippen LogP contribution in [0.3, 0.4) is 0 Å². The zero-order valence-electron chi connectivity index (χ0n) is 78.9. The molecule has 0 radical (unpaired) electrons. The number of ether oxygens (including phenoxy) is 5. The van der Waals surface area contributed by atoms with Crippen molar-refractivity contribution in [2.45, 2.75) is 172 Å². The van der Waals surface area contributed by atoms with E-state index in [-0.39, 0.29) is 64.8 Å².